The van der Waals surface area contributed by atoms with Gasteiger partial charge in [-0.25, -0.2) is 0 Å². The van der Waals surface area contributed by atoms with E-state index in [2.05, 4.69) is 22.1 Å². The number of nitrogens with zero attached hydrogens (tertiary/aromatic N) is 3. The summed E-state index contributed by atoms with van der Waals surface area (Å²) in [6.07, 6.45) is 13.6. The molecule has 9 heteroatoms. The Hall–Kier alpha value is -2.39. The SMILES string of the molecule is CCCCCCCCCCN[C@H]1CCN(CC2CC2)C1.O=C(O)C1CCN(c2ccc(C(F)(F)F)c3ncccc23)CC1. The molecular formula is C34H51F3N4O2. The number of pyridine rings is 1. The van der Waals surface area contributed by atoms with Crippen molar-refractivity contribution in [2.24, 2.45) is 11.8 Å². The fraction of sp³-hybridized carbons (Fsp3) is 0.706. The highest BCUT2D eigenvalue weighted by Crippen LogP contribution is 2.38. The predicted molar refractivity (Wildman–Crippen MR) is 167 cm³/mol. The number of anilines is 1. The molecule has 1 atom stereocenters. The quantitative estimate of drug-likeness (QED) is 0.215. The first-order chi connectivity index (χ1) is 20.8. The number of fused-ring (bicyclic) bond motifs is 1. The number of halogens is 3. The smallest absolute Gasteiger partial charge is 0.418 e. The molecule has 1 aromatic carbocycles. The lowest BCUT2D eigenvalue weighted by atomic mass is 9.96. The standard InChI is InChI=1S/C18H36N2.C16H15F3N2O2/c1-2-3-4-5-6-7-8-9-13-19-18-12-14-20(16-18)15-17-10-11-17;17-16(18,19)12-3-4-13(11-2-1-7-20-14(11)12)21-8-5-10(6-9-21)15(22)23/h17-19H,2-16H2,1H3;1-4,7,10H,5-6,8-9H2,(H,22,23)/t18-;/m0./s1. The second-order valence-electron chi connectivity index (χ2n) is 12.7. The zero-order valence-corrected chi connectivity index (χ0v) is 25.9. The van der Waals surface area contributed by atoms with Gasteiger partial charge in [-0.1, -0.05) is 51.9 Å². The van der Waals surface area contributed by atoms with Gasteiger partial charge in [-0.2, -0.15) is 13.2 Å². The molecule has 1 saturated carbocycles. The third-order valence-electron chi connectivity index (χ3n) is 9.19. The molecular weight excluding hydrogens is 553 g/mol. The van der Waals surface area contributed by atoms with Crippen LogP contribution in [0.5, 0.6) is 0 Å². The van der Waals surface area contributed by atoms with E-state index >= 15 is 0 Å². The van der Waals surface area contributed by atoms with Crippen molar-refractivity contribution in [2.75, 3.05) is 44.2 Å². The number of aromatic nitrogens is 1. The molecule has 0 radical (unpaired) electrons. The number of nitrogens with one attached hydrogen (secondary N) is 1. The molecule has 0 unspecified atom stereocenters. The lowest BCUT2D eigenvalue weighted by Crippen LogP contribution is -2.36. The van der Waals surface area contributed by atoms with Crippen molar-refractivity contribution in [3.05, 3.63) is 36.0 Å². The van der Waals surface area contributed by atoms with E-state index in [1.54, 1.807) is 12.1 Å². The van der Waals surface area contributed by atoms with Crippen molar-refractivity contribution in [1.82, 2.24) is 15.2 Å². The van der Waals surface area contributed by atoms with Gasteiger partial charge in [-0.05, 0) is 81.8 Å². The largest absolute Gasteiger partial charge is 0.481 e. The molecule has 0 bridgehead atoms. The van der Waals surface area contributed by atoms with Crippen LogP contribution >= 0.6 is 0 Å². The normalized spacial score (nSPS) is 19.9. The van der Waals surface area contributed by atoms with Crippen LogP contribution < -0.4 is 10.2 Å². The van der Waals surface area contributed by atoms with E-state index in [0.29, 0.717) is 37.0 Å². The van der Waals surface area contributed by atoms with Gasteiger partial charge in [0.05, 0.1) is 17.0 Å². The highest BCUT2D eigenvalue weighted by molar-refractivity contribution is 5.94. The monoisotopic (exact) mass is 604 g/mol. The number of carbonyl (C=O) groups is 1. The van der Waals surface area contributed by atoms with Crippen LogP contribution in [0.4, 0.5) is 18.9 Å². The van der Waals surface area contributed by atoms with Crippen molar-refractivity contribution in [3.8, 4) is 0 Å². The summed E-state index contributed by atoms with van der Waals surface area (Å²) in [5, 5.41) is 13.3. The second-order valence-corrected chi connectivity index (χ2v) is 12.7. The summed E-state index contributed by atoms with van der Waals surface area (Å²) < 4.78 is 39.3. The third-order valence-corrected chi connectivity index (χ3v) is 9.19. The summed E-state index contributed by atoms with van der Waals surface area (Å²) in [5.74, 6) is -0.143. The summed E-state index contributed by atoms with van der Waals surface area (Å²) in [4.78, 5) is 19.5. The molecule has 3 aliphatic rings. The maximum absolute atomic E-state index is 13.1. The fourth-order valence-electron chi connectivity index (χ4n) is 6.43. The van der Waals surface area contributed by atoms with E-state index in [1.165, 1.54) is 109 Å². The number of unbranched alkanes of at least 4 members (excludes halogenated alkanes) is 7. The zero-order valence-electron chi connectivity index (χ0n) is 25.9. The average Bonchev–Trinajstić information content (AvgIpc) is 3.71. The van der Waals surface area contributed by atoms with Gasteiger partial charge in [0.15, 0.2) is 0 Å². The molecule has 2 aliphatic heterocycles. The number of rotatable bonds is 14. The number of hydrogen-bond donors (Lipinski definition) is 2. The van der Waals surface area contributed by atoms with Gasteiger partial charge in [-0.15, -0.1) is 0 Å². The van der Waals surface area contributed by atoms with Gasteiger partial charge in [0, 0.05) is 49.5 Å². The third kappa shape index (κ3) is 10.6. The van der Waals surface area contributed by atoms with Gasteiger partial charge in [-0.3, -0.25) is 9.78 Å². The van der Waals surface area contributed by atoms with Crippen LogP contribution in [0.25, 0.3) is 10.9 Å². The van der Waals surface area contributed by atoms with Crippen molar-refractivity contribution < 1.29 is 23.1 Å². The molecule has 0 amide bonds. The number of carboxylic acids is 1. The Balaban J connectivity index is 0.000000199. The zero-order chi connectivity index (χ0) is 30.7. The molecule has 1 aromatic heterocycles. The van der Waals surface area contributed by atoms with Crippen molar-refractivity contribution in [2.45, 2.75) is 103 Å². The fourth-order valence-corrected chi connectivity index (χ4v) is 6.43. The van der Waals surface area contributed by atoms with Crippen LogP contribution in [0.2, 0.25) is 0 Å². The van der Waals surface area contributed by atoms with Crippen LogP contribution in [-0.4, -0.2) is 66.3 Å². The van der Waals surface area contributed by atoms with Gasteiger partial charge in [0.2, 0.25) is 0 Å². The number of piperidine rings is 1. The van der Waals surface area contributed by atoms with Crippen LogP contribution in [0, 0.1) is 11.8 Å². The van der Waals surface area contributed by atoms with E-state index in [4.69, 9.17) is 5.11 Å². The number of carboxylic acid groups (broad SMARTS) is 1. The minimum absolute atomic E-state index is 0.0714. The first-order valence-corrected chi connectivity index (χ1v) is 16.6. The number of likely N-dealkylation sites (tertiary alicyclic amines) is 1. The minimum atomic E-state index is -4.46. The molecule has 2 saturated heterocycles. The Labute approximate surface area is 255 Å². The molecule has 240 valence electrons. The van der Waals surface area contributed by atoms with Crippen molar-refractivity contribution in [3.63, 3.8) is 0 Å². The summed E-state index contributed by atoms with van der Waals surface area (Å²) in [6.45, 7) is 8.59. The Morgan fingerprint density at radius 2 is 1.65 bits per heavy atom. The summed E-state index contributed by atoms with van der Waals surface area (Å²) in [5.41, 5.74) is -0.153. The van der Waals surface area contributed by atoms with Crippen LogP contribution in [0.15, 0.2) is 30.5 Å². The summed E-state index contributed by atoms with van der Waals surface area (Å²) in [7, 11) is 0. The number of hydrogen-bond acceptors (Lipinski definition) is 5. The predicted octanol–water partition coefficient (Wildman–Crippen LogP) is 7.76. The number of alkyl halides is 3. The Bertz CT molecular complexity index is 1130. The first kappa shape index (κ1) is 33.5. The second kappa shape index (κ2) is 16.6. The molecule has 3 fully saturated rings. The molecule has 2 aromatic rings. The van der Waals surface area contributed by atoms with Gasteiger partial charge < -0.3 is 20.2 Å². The molecule has 0 spiro atoms. The highest BCUT2D eigenvalue weighted by atomic mass is 19.4. The Morgan fingerprint density at radius 3 is 2.30 bits per heavy atom. The van der Waals surface area contributed by atoms with Crippen LogP contribution in [-0.2, 0) is 11.0 Å². The van der Waals surface area contributed by atoms with E-state index in [-0.39, 0.29) is 11.4 Å². The average molecular weight is 605 g/mol. The van der Waals surface area contributed by atoms with Crippen molar-refractivity contribution >= 4 is 22.6 Å². The highest BCUT2D eigenvalue weighted by Gasteiger charge is 2.34. The van der Waals surface area contributed by atoms with E-state index < -0.39 is 17.7 Å². The van der Waals surface area contributed by atoms with Gasteiger partial charge in [0.1, 0.15) is 0 Å². The molecule has 1 aliphatic carbocycles. The Kier molecular flexibility index (Phi) is 12.9. The number of aliphatic carboxylic acids is 1. The molecule has 2 N–H and O–H groups in total. The maximum Gasteiger partial charge on any atom is 0.418 e. The lowest BCUT2D eigenvalue weighted by Gasteiger charge is -2.33. The van der Waals surface area contributed by atoms with E-state index in [1.807, 2.05) is 4.90 Å². The maximum atomic E-state index is 13.1. The topological polar surface area (TPSA) is 68.7 Å². The molecule has 3 heterocycles. The van der Waals surface area contributed by atoms with E-state index in [0.717, 1.165) is 18.0 Å². The van der Waals surface area contributed by atoms with Crippen molar-refractivity contribution in [1.29, 1.82) is 0 Å². The summed E-state index contributed by atoms with van der Waals surface area (Å²) >= 11 is 0. The van der Waals surface area contributed by atoms with E-state index in [9.17, 15) is 18.0 Å². The Morgan fingerprint density at radius 1 is 0.953 bits per heavy atom. The number of benzene rings is 1. The van der Waals surface area contributed by atoms with Gasteiger partial charge >= 0.3 is 12.1 Å². The molecule has 6 nitrogen and oxygen atoms in total. The lowest BCUT2D eigenvalue weighted by molar-refractivity contribution is -0.142. The minimum Gasteiger partial charge on any atom is -0.481 e. The molecule has 5 rings (SSSR count). The van der Waals surface area contributed by atoms with Gasteiger partial charge in [0.25, 0.3) is 0 Å². The summed E-state index contributed by atoms with van der Waals surface area (Å²) in [6, 6.07) is 6.52. The van der Waals surface area contributed by atoms with Crippen LogP contribution in [0.3, 0.4) is 0 Å². The van der Waals surface area contributed by atoms with Crippen LogP contribution in [0.1, 0.15) is 96.0 Å². The molecule has 43 heavy (non-hydrogen) atoms. The first-order valence-electron chi connectivity index (χ1n) is 16.6.